The van der Waals surface area contributed by atoms with Gasteiger partial charge in [-0.15, -0.1) is 0 Å². The minimum atomic E-state index is -0.708. The zero-order valence-corrected chi connectivity index (χ0v) is 39.1. The molecular formula is C52H88O10. The van der Waals surface area contributed by atoms with Crippen LogP contribution in [0, 0.1) is 74.9 Å². The van der Waals surface area contributed by atoms with Crippen LogP contribution < -0.4 is 0 Å². The first-order valence-corrected chi connectivity index (χ1v) is 22.5. The molecule has 16 unspecified atom stereocenters. The molecule has 8 saturated carbocycles. The van der Waals surface area contributed by atoms with Crippen molar-refractivity contribution in [3.05, 3.63) is 47.1 Å². The number of carbonyl (C=O) groups excluding carboxylic acids is 2. The summed E-state index contributed by atoms with van der Waals surface area (Å²) in [5.41, 5.74) is 6.10. The van der Waals surface area contributed by atoms with Gasteiger partial charge in [0.15, 0.2) is 11.6 Å². The van der Waals surface area contributed by atoms with Crippen LogP contribution in [0.5, 0.6) is 0 Å². The van der Waals surface area contributed by atoms with Gasteiger partial charge in [0.05, 0.1) is 17.8 Å². The van der Waals surface area contributed by atoms with Gasteiger partial charge in [0.1, 0.15) is 23.9 Å². The molecule has 2 heterocycles. The summed E-state index contributed by atoms with van der Waals surface area (Å²) in [6, 6.07) is 0. The number of aliphatic hydroxyl groups excluding tert-OH is 3. The molecule has 13 aliphatic carbocycles. The van der Waals surface area contributed by atoms with Crippen molar-refractivity contribution < 1.29 is 50.4 Å². The Bertz CT molecular complexity index is 1780. The van der Waals surface area contributed by atoms with Gasteiger partial charge in [-0.1, -0.05) is 106 Å². The number of hydrogen-bond donors (Lipinski definition) is 5. The second-order valence-electron chi connectivity index (χ2n) is 23.2. The van der Waals surface area contributed by atoms with E-state index in [0.29, 0.717) is 57.9 Å². The highest BCUT2D eigenvalue weighted by molar-refractivity contribution is 5.96. The summed E-state index contributed by atoms with van der Waals surface area (Å²) in [6.45, 7) is 34.3. The molecule has 10 nitrogen and oxygen atoms in total. The van der Waals surface area contributed by atoms with Crippen LogP contribution in [0.4, 0.5) is 0 Å². The van der Waals surface area contributed by atoms with E-state index in [-0.39, 0.29) is 66.6 Å². The minimum Gasteiger partial charge on any atom is -0.412 e. The van der Waals surface area contributed by atoms with E-state index in [9.17, 15) is 24.9 Å². The maximum absolute atomic E-state index is 11.7. The number of Topliss-reactive ketones (excluding diaryl/α,β-unsaturated/α-hetero) is 1. The lowest BCUT2D eigenvalue weighted by atomic mass is 9.45. The molecule has 356 valence electrons. The molecule has 62 heavy (non-hydrogen) atoms. The lowest BCUT2D eigenvalue weighted by molar-refractivity contribution is -0.176. The van der Waals surface area contributed by atoms with Crippen molar-refractivity contribution in [1.29, 1.82) is 0 Å². The van der Waals surface area contributed by atoms with E-state index in [1.807, 2.05) is 26.0 Å². The number of fused-ring (bicyclic) bond motifs is 2. The molecule has 2 aliphatic heterocycles. The number of aliphatic hydroxyl groups is 3. The normalized spacial score (nSPS) is 44.9. The number of hydrogen-bond acceptors (Lipinski definition) is 9. The molecule has 15 aliphatic rings. The first-order valence-electron chi connectivity index (χ1n) is 22.5. The smallest absolute Gasteiger partial charge is 0.168 e. The van der Waals surface area contributed by atoms with Crippen molar-refractivity contribution in [2.75, 3.05) is 0 Å². The summed E-state index contributed by atoms with van der Waals surface area (Å²) in [5.74, 6) is 5.77. The van der Waals surface area contributed by atoms with Crippen molar-refractivity contribution in [2.24, 2.45) is 74.9 Å². The topological polar surface area (TPSA) is 192 Å². The van der Waals surface area contributed by atoms with Gasteiger partial charge in [0.2, 0.25) is 0 Å². The van der Waals surface area contributed by atoms with E-state index < -0.39 is 12.2 Å². The predicted molar refractivity (Wildman–Crippen MR) is 247 cm³/mol. The standard InChI is InChI=1S/C10H16O2.C10H14O2.C10H16O2.C10H14O.C10H16.2CH4.H2O2.H2O/c2*1-9(2)5-4-6(9)10(3)8(12-10)7(5)11;1-6(2)8-5-4-7(3)9(11)10(8)12;1-6-4-9(11)8-5-7(6)10(8,2)3;1-7-4-5-8-6-9(7)10(8,2)3;;;1-2;/h5-8,11H,4H2,1-3H3;5-6,8H,4H2,1-3H3;4,8-12H,1,5H2,2-3H3;4,7-8H,5H2,1-3H3;4,8-9H,5-6H2,1-3H3;2*1H4;1-2H;1H2. The summed E-state index contributed by atoms with van der Waals surface area (Å²) in [7, 11) is 0. The van der Waals surface area contributed by atoms with Gasteiger partial charge in [0, 0.05) is 17.8 Å². The van der Waals surface area contributed by atoms with Crippen LogP contribution in [-0.4, -0.2) is 84.6 Å². The molecule has 0 aromatic carbocycles. The minimum absolute atomic E-state index is 0. The Morgan fingerprint density at radius 2 is 1.19 bits per heavy atom. The van der Waals surface area contributed by atoms with Crippen molar-refractivity contribution in [3.8, 4) is 0 Å². The Morgan fingerprint density at radius 1 is 0.645 bits per heavy atom. The van der Waals surface area contributed by atoms with E-state index in [1.54, 1.807) is 5.57 Å². The largest absolute Gasteiger partial charge is 0.412 e. The van der Waals surface area contributed by atoms with Crippen molar-refractivity contribution in [2.45, 2.75) is 192 Å². The molecule has 0 aromatic rings. The third-order valence-corrected chi connectivity index (χ3v) is 18.8. The summed E-state index contributed by atoms with van der Waals surface area (Å²) >= 11 is 0. The third kappa shape index (κ3) is 8.37. The predicted octanol–water partition coefficient (Wildman–Crippen LogP) is 9.46. The summed E-state index contributed by atoms with van der Waals surface area (Å²) in [6.07, 6.45) is 11.7. The Kier molecular flexibility index (Phi) is 15.8. The lowest BCUT2D eigenvalue weighted by Crippen LogP contribution is -2.62. The first kappa shape index (κ1) is 54.3. The fourth-order valence-electron chi connectivity index (χ4n) is 13.9. The van der Waals surface area contributed by atoms with Crippen LogP contribution in [-0.2, 0) is 19.1 Å². The molecule has 0 amide bonds. The molecule has 0 radical (unpaired) electrons. The summed E-state index contributed by atoms with van der Waals surface area (Å²) < 4.78 is 11.1. The van der Waals surface area contributed by atoms with Gasteiger partial charge in [0.25, 0.3) is 0 Å². The quantitative estimate of drug-likeness (QED) is 0.0739. The maximum Gasteiger partial charge on any atom is 0.168 e. The number of ether oxygens (including phenoxy) is 2. The van der Waals surface area contributed by atoms with Crippen LogP contribution in [0.1, 0.15) is 150 Å². The van der Waals surface area contributed by atoms with E-state index in [4.69, 9.17) is 20.0 Å². The van der Waals surface area contributed by atoms with Gasteiger partial charge < -0.3 is 30.3 Å². The molecule has 0 spiro atoms. The van der Waals surface area contributed by atoms with Gasteiger partial charge in [-0.25, -0.2) is 0 Å². The molecule has 16 atom stereocenters. The average molecular weight is 873 g/mol. The second kappa shape index (κ2) is 18.0. The van der Waals surface area contributed by atoms with Gasteiger partial charge >= 0.3 is 0 Å². The van der Waals surface area contributed by atoms with Gasteiger partial charge in [-0.2, -0.15) is 0 Å². The van der Waals surface area contributed by atoms with Gasteiger partial charge in [-0.05, 0) is 149 Å². The molecule has 10 heteroatoms. The number of carbonyl (C=O) groups is 2. The first-order chi connectivity index (χ1) is 27.1. The van der Waals surface area contributed by atoms with E-state index in [0.717, 1.165) is 42.2 Å². The fraction of sp³-hybridized carbons (Fsp3) is 0.808. The Balaban J connectivity index is 0.000000202. The fourth-order valence-corrected chi connectivity index (χ4v) is 13.9. The molecule has 10 fully saturated rings. The lowest BCUT2D eigenvalue weighted by Gasteiger charge is -2.59. The van der Waals surface area contributed by atoms with E-state index in [1.165, 1.54) is 24.8 Å². The van der Waals surface area contributed by atoms with Crippen LogP contribution in [0.15, 0.2) is 47.1 Å². The molecular weight excluding hydrogens is 785 g/mol. The Labute approximate surface area is 375 Å². The second-order valence-corrected chi connectivity index (χ2v) is 23.2. The number of allylic oxidation sites excluding steroid dienone is 5. The molecule has 0 aromatic heterocycles. The van der Waals surface area contributed by atoms with Gasteiger partial charge in [-0.3, -0.25) is 20.1 Å². The Hall–Kier alpha value is -2.02. The number of ketones is 2. The third-order valence-electron chi connectivity index (χ3n) is 18.8. The summed E-state index contributed by atoms with van der Waals surface area (Å²) in [4.78, 5) is 23.1. The molecule has 15 rings (SSSR count). The summed E-state index contributed by atoms with van der Waals surface area (Å²) in [5, 5.41) is 41.0. The van der Waals surface area contributed by atoms with Crippen molar-refractivity contribution in [3.63, 3.8) is 0 Å². The van der Waals surface area contributed by atoms with Crippen LogP contribution in [0.2, 0.25) is 0 Å². The molecule has 8 bridgehead atoms. The zero-order chi connectivity index (χ0) is 44.3. The van der Waals surface area contributed by atoms with Crippen LogP contribution in [0.3, 0.4) is 0 Å². The highest BCUT2D eigenvalue weighted by Gasteiger charge is 2.77. The maximum atomic E-state index is 11.7. The monoisotopic (exact) mass is 873 g/mol. The van der Waals surface area contributed by atoms with E-state index in [2.05, 4.69) is 95.7 Å². The molecule has 2 saturated heterocycles. The average Bonchev–Trinajstić information content (AvgIpc) is 4.05. The number of epoxide rings is 2. The van der Waals surface area contributed by atoms with Crippen molar-refractivity contribution >= 4 is 11.6 Å². The SMILES string of the molecule is C.C.C=C(C)C1CC=C(C)C(O)C1O.CC1(C)C2CC1C1(C)OC1C2=O.CC1(C)C2CC1C1(C)OC1C2O.CC1=CC(=O)C2CC1C2(C)C.CC1=CCC2CC1C2(C)C.O.OO. The van der Waals surface area contributed by atoms with Crippen LogP contribution >= 0.6 is 0 Å². The highest BCUT2D eigenvalue weighted by atomic mass is 17.0. The molecule has 7 N–H and O–H groups in total. The Morgan fingerprint density at radius 3 is 1.60 bits per heavy atom. The number of rotatable bonds is 1. The zero-order valence-electron chi connectivity index (χ0n) is 39.1. The van der Waals surface area contributed by atoms with E-state index >= 15 is 0 Å². The highest BCUT2D eigenvalue weighted by Crippen LogP contribution is 2.70. The van der Waals surface area contributed by atoms with Crippen LogP contribution in [0.25, 0.3) is 0 Å². The van der Waals surface area contributed by atoms with Crippen molar-refractivity contribution in [1.82, 2.24) is 0 Å².